The molecule has 0 aliphatic rings. The number of nitrogens with one attached hydrogen (secondary N) is 2. The van der Waals surface area contributed by atoms with E-state index in [0.717, 1.165) is 35.8 Å². The van der Waals surface area contributed by atoms with Crippen molar-refractivity contribution in [3.8, 4) is 5.75 Å². The maximum Gasteiger partial charge on any atom is 0.321 e. The zero-order valence-corrected chi connectivity index (χ0v) is 15.4. The predicted molar refractivity (Wildman–Crippen MR) is 104 cm³/mol. The largest absolute Gasteiger partial charge is 0.473 e. The molecule has 0 radical (unpaired) electrons. The van der Waals surface area contributed by atoms with Gasteiger partial charge in [0.1, 0.15) is 5.75 Å². The van der Waals surface area contributed by atoms with E-state index in [9.17, 15) is 4.79 Å². The summed E-state index contributed by atoms with van der Waals surface area (Å²) in [4.78, 5) is 14.3. The van der Waals surface area contributed by atoms with Gasteiger partial charge in [0.25, 0.3) is 0 Å². The van der Waals surface area contributed by atoms with Gasteiger partial charge in [-0.25, -0.2) is 4.79 Å². The summed E-state index contributed by atoms with van der Waals surface area (Å²) in [5, 5.41) is 5.56. The second kappa shape index (κ2) is 8.97. The number of nitrogens with zero attached hydrogens (tertiary/aromatic N) is 1. The summed E-state index contributed by atoms with van der Waals surface area (Å²) in [6.07, 6.45) is 0. The Morgan fingerprint density at radius 3 is 2.32 bits per heavy atom. The smallest absolute Gasteiger partial charge is 0.321 e. The van der Waals surface area contributed by atoms with Gasteiger partial charge >= 0.3 is 6.03 Å². The molecule has 0 aliphatic carbocycles. The number of hydrogen-bond acceptors (Lipinski definition) is 3. The van der Waals surface area contributed by atoms with Gasteiger partial charge in [-0.2, -0.15) is 0 Å². The van der Waals surface area contributed by atoms with Crippen LogP contribution in [0.15, 0.2) is 42.5 Å². The minimum absolute atomic E-state index is 0.117. The highest BCUT2D eigenvalue weighted by Crippen LogP contribution is 2.22. The normalized spacial score (nSPS) is 10.2. The number of carbonyl (C=O) groups is 1. The van der Waals surface area contributed by atoms with Crippen molar-refractivity contribution < 1.29 is 9.53 Å². The predicted octanol–water partition coefficient (Wildman–Crippen LogP) is 4.31. The lowest BCUT2D eigenvalue weighted by Gasteiger charge is -2.22. The van der Waals surface area contributed by atoms with Gasteiger partial charge in [0.15, 0.2) is 6.73 Å². The van der Waals surface area contributed by atoms with Crippen LogP contribution in [0.2, 0.25) is 0 Å². The molecule has 0 atom stereocenters. The van der Waals surface area contributed by atoms with Crippen LogP contribution >= 0.6 is 0 Å². The van der Waals surface area contributed by atoms with Crippen molar-refractivity contribution in [2.75, 3.05) is 30.0 Å². The van der Waals surface area contributed by atoms with Gasteiger partial charge in [-0.15, -0.1) is 0 Å². The first-order chi connectivity index (χ1) is 12.0. The number of carbonyl (C=O) groups excluding carboxylic acids is 1. The van der Waals surface area contributed by atoms with Crippen molar-refractivity contribution in [2.45, 2.75) is 27.7 Å². The first-order valence-electron chi connectivity index (χ1n) is 8.63. The number of urea groups is 1. The van der Waals surface area contributed by atoms with Crippen LogP contribution in [0.25, 0.3) is 0 Å². The van der Waals surface area contributed by atoms with Gasteiger partial charge < -0.3 is 20.3 Å². The zero-order valence-electron chi connectivity index (χ0n) is 15.4. The summed E-state index contributed by atoms with van der Waals surface area (Å²) in [5.74, 6) is 0.727. The molecule has 0 saturated carbocycles. The SMILES string of the molecule is CCN(CC)c1ccc(NC(=O)NCOc2ccc(C)cc2)c(C)c1. The average molecular weight is 341 g/mol. The van der Waals surface area contributed by atoms with Crippen molar-refractivity contribution in [2.24, 2.45) is 0 Å². The van der Waals surface area contributed by atoms with Crippen LogP contribution in [0.5, 0.6) is 5.75 Å². The molecule has 0 fully saturated rings. The van der Waals surface area contributed by atoms with Gasteiger partial charge in [0.2, 0.25) is 0 Å². The van der Waals surface area contributed by atoms with Gasteiger partial charge in [-0.05, 0) is 63.6 Å². The topological polar surface area (TPSA) is 53.6 Å². The summed E-state index contributed by atoms with van der Waals surface area (Å²) in [6.45, 7) is 10.3. The van der Waals surface area contributed by atoms with Crippen molar-refractivity contribution in [3.05, 3.63) is 53.6 Å². The third-order valence-corrected chi connectivity index (χ3v) is 4.08. The zero-order chi connectivity index (χ0) is 18.2. The highest BCUT2D eigenvalue weighted by atomic mass is 16.5. The fraction of sp³-hybridized carbons (Fsp3) is 0.350. The van der Waals surface area contributed by atoms with Gasteiger partial charge in [-0.1, -0.05) is 17.7 Å². The number of rotatable bonds is 7. The summed E-state index contributed by atoms with van der Waals surface area (Å²) in [6, 6.07) is 13.5. The summed E-state index contributed by atoms with van der Waals surface area (Å²) >= 11 is 0. The van der Waals surface area contributed by atoms with Crippen molar-refractivity contribution in [1.29, 1.82) is 0 Å². The first kappa shape index (κ1) is 18.6. The van der Waals surface area contributed by atoms with Crippen LogP contribution < -0.4 is 20.3 Å². The van der Waals surface area contributed by atoms with Crippen LogP contribution in [0.3, 0.4) is 0 Å². The van der Waals surface area contributed by atoms with E-state index in [2.05, 4.69) is 35.4 Å². The van der Waals surface area contributed by atoms with E-state index >= 15 is 0 Å². The minimum atomic E-state index is -0.286. The lowest BCUT2D eigenvalue weighted by atomic mass is 10.1. The molecule has 25 heavy (non-hydrogen) atoms. The van der Waals surface area contributed by atoms with E-state index in [-0.39, 0.29) is 12.8 Å². The first-order valence-corrected chi connectivity index (χ1v) is 8.63. The van der Waals surface area contributed by atoms with Crippen LogP contribution in [-0.2, 0) is 0 Å². The standard InChI is InChI=1S/C20H27N3O2/c1-5-23(6-2)17-9-12-19(16(4)13-17)22-20(24)21-14-25-18-10-7-15(3)8-11-18/h7-13H,5-6,14H2,1-4H3,(H2,21,22,24). The maximum absolute atomic E-state index is 12.0. The average Bonchev–Trinajstić information content (AvgIpc) is 2.60. The molecule has 2 aromatic carbocycles. The highest BCUT2D eigenvalue weighted by molar-refractivity contribution is 5.90. The van der Waals surface area contributed by atoms with Crippen molar-refractivity contribution >= 4 is 17.4 Å². The molecule has 134 valence electrons. The number of benzene rings is 2. The molecule has 0 unspecified atom stereocenters. The molecule has 0 heterocycles. The molecule has 2 N–H and O–H groups in total. The molecular weight excluding hydrogens is 314 g/mol. The van der Waals surface area contributed by atoms with Crippen molar-refractivity contribution in [3.63, 3.8) is 0 Å². The molecule has 0 saturated heterocycles. The molecule has 2 rings (SSSR count). The van der Waals surface area contributed by atoms with E-state index in [1.54, 1.807) is 0 Å². The van der Waals surface area contributed by atoms with Gasteiger partial charge in [0.05, 0.1) is 0 Å². The van der Waals surface area contributed by atoms with E-state index < -0.39 is 0 Å². The highest BCUT2D eigenvalue weighted by Gasteiger charge is 2.07. The Balaban J connectivity index is 1.86. The number of anilines is 2. The molecular formula is C20H27N3O2. The van der Waals surface area contributed by atoms with Crippen molar-refractivity contribution in [1.82, 2.24) is 5.32 Å². The Hall–Kier alpha value is -2.69. The second-order valence-corrected chi connectivity index (χ2v) is 5.90. The lowest BCUT2D eigenvalue weighted by Crippen LogP contribution is -2.32. The van der Waals surface area contributed by atoms with Crippen LogP contribution in [-0.4, -0.2) is 25.9 Å². The monoisotopic (exact) mass is 341 g/mol. The van der Waals surface area contributed by atoms with Gasteiger partial charge in [-0.3, -0.25) is 0 Å². The maximum atomic E-state index is 12.0. The molecule has 0 spiro atoms. The summed E-state index contributed by atoms with van der Waals surface area (Å²) in [5.41, 5.74) is 4.15. The van der Waals surface area contributed by atoms with Crippen LogP contribution in [0, 0.1) is 13.8 Å². The molecule has 5 nitrogen and oxygen atoms in total. The van der Waals surface area contributed by atoms with Crippen LogP contribution in [0.4, 0.5) is 16.2 Å². The number of aryl methyl sites for hydroxylation is 2. The lowest BCUT2D eigenvalue weighted by molar-refractivity contribution is 0.234. The Kier molecular flexibility index (Phi) is 6.69. The minimum Gasteiger partial charge on any atom is -0.473 e. The number of ether oxygens (including phenoxy) is 1. The molecule has 0 aromatic heterocycles. The summed E-state index contributed by atoms with van der Waals surface area (Å²) < 4.78 is 5.50. The third kappa shape index (κ3) is 5.41. The fourth-order valence-corrected chi connectivity index (χ4v) is 2.56. The Bertz CT molecular complexity index is 695. The van der Waals surface area contributed by atoms with Gasteiger partial charge in [0, 0.05) is 24.5 Å². The Morgan fingerprint density at radius 1 is 1.04 bits per heavy atom. The van der Waals surface area contributed by atoms with E-state index in [1.807, 2.05) is 50.2 Å². The van der Waals surface area contributed by atoms with Crippen LogP contribution in [0.1, 0.15) is 25.0 Å². The van der Waals surface area contributed by atoms with E-state index in [1.165, 1.54) is 5.56 Å². The third-order valence-electron chi connectivity index (χ3n) is 4.08. The second-order valence-electron chi connectivity index (χ2n) is 5.90. The molecule has 5 heteroatoms. The van der Waals surface area contributed by atoms with E-state index in [4.69, 9.17) is 4.74 Å². The van der Waals surface area contributed by atoms with E-state index in [0.29, 0.717) is 0 Å². The molecule has 2 amide bonds. The molecule has 0 bridgehead atoms. The molecule has 0 aliphatic heterocycles. The Labute approximate surface area is 150 Å². The fourth-order valence-electron chi connectivity index (χ4n) is 2.56. The number of amides is 2. The summed E-state index contributed by atoms with van der Waals surface area (Å²) in [7, 11) is 0. The quantitative estimate of drug-likeness (QED) is 0.738. The molecule has 2 aromatic rings. The Morgan fingerprint density at radius 2 is 1.72 bits per heavy atom. The number of hydrogen-bond donors (Lipinski definition) is 2.